The molecule has 4 fully saturated rings. The molecule has 3 heteroatoms. The standard InChI is InChI=1S/C12H20N2O/c1-13-11(15)14-7-12-4-8-2-9(5-12)10(3-8)6-12/h8-10H,2-7H2,1H3,(H2,13,14,15). The summed E-state index contributed by atoms with van der Waals surface area (Å²) in [7, 11) is 1.68. The van der Waals surface area contributed by atoms with Gasteiger partial charge in [-0.2, -0.15) is 0 Å². The number of nitrogens with one attached hydrogen (secondary N) is 2. The summed E-state index contributed by atoms with van der Waals surface area (Å²) in [6.07, 6.45) is 7.07. The van der Waals surface area contributed by atoms with Crippen molar-refractivity contribution < 1.29 is 4.79 Å². The van der Waals surface area contributed by atoms with Crippen molar-refractivity contribution in [2.24, 2.45) is 23.2 Å². The molecule has 0 radical (unpaired) electrons. The van der Waals surface area contributed by atoms with Crippen molar-refractivity contribution in [3.05, 3.63) is 0 Å². The van der Waals surface area contributed by atoms with E-state index in [1.807, 2.05) is 0 Å². The van der Waals surface area contributed by atoms with E-state index < -0.39 is 0 Å². The van der Waals surface area contributed by atoms with E-state index >= 15 is 0 Å². The molecule has 0 aromatic carbocycles. The zero-order chi connectivity index (χ0) is 10.5. The number of urea groups is 1. The first-order valence-corrected chi connectivity index (χ1v) is 6.16. The number of rotatable bonds is 2. The molecule has 2 amide bonds. The van der Waals surface area contributed by atoms with E-state index in [0.717, 1.165) is 24.3 Å². The molecule has 0 heterocycles. The normalized spacial score (nSPS) is 45.8. The van der Waals surface area contributed by atoms with Crippen LogP contribution in [0.5, 0.6) is 0 Å². The average molecular weight is 208 g/mol. The Balaban J connectivity index is 1.64. The van der Waals surface area contributed by atoms with Gasteiger partial charge in [-0.3, -0.25) is 0 Å². The molecule has 4 aliphatic rings. The van der Waals surface area contributed by atoms with Gasteiger partial charge in [-0.1, -0.05) is 0 Å². The first-order valence-electron chi connectivity index (χ1n) is 6.16. The van der Waals surface area contributed by atoms with Crippen molar-refractivity contribution in [2.75, 3.05) is 13.6 Å². The van der Waals surface area contributed by atoms with Crippen molar-refractivity contribution >= 4 is 6.03 Å². The lowest BCUT2D eigenvalue weighted by atomic mass is 9.69. The summed E-state index contributed by atoms with van der Waals surface area (Å²) in [4.78, 5) is 11.2. The molecule has 4 rings (SSSR count). The number of hydrogen-bond donors (Lipinski definition) is 2. The van der Waals surface area contributed by atoms with Crippen LogP contribution in [0.4, 0.5) is 4.79 Å². The zero-order valence-corrected chi connectivity index (χ0v) is 9.38. The van der Waals surface area contributed by atoms with Crippen molar-refractivity contribution in [2.45, 2.75) is 32.1 Å². The van der Waals surface area contributed by atoms with Gasteiger partial charge in [-0.25, -0.2) is 4.79 Å². The Morgan fingerprint density at radius 1 is 1.27 bits per heavy atom. The van der Waals surface area contributed by atoms with E-state index in [1.54, 1.807) is 7.05 Å². The van der Waals surface area contributed by atoms with Crippen LogP contribution in [0.3, 0.4) is 0 Å². The van der Waals surface area contributed by atoms with Crippen molar-refractivity contribution in [3.8, 4) is 0 Å². The van der Waals surface area contributed by atoms with Gasteiger partial charge >= 0.3 is 6.03 Å². The van der Waals surface area contributed by atoms with Crippen LogP contribution < -0.4 is 10.6 Å². The molecule has 2 N–H and O–H groups in total. The second-order valence-corrected chi connectivity index (χ2v) is 5.90. The molecular weight excluding hydrogens is 188 g/mol. The maximum Gasteiger partial charge on any atom is 0.314 e. The van der Waals surface area contributed by atoms with E-state index in [4.69, 9.17) is 0 Å². The highest BCUT2D eigenvalue weighted by molar-refractivity contribution is 5.73. The summed E-state index contributed by atoms with van der Waals surface area (Å²) in [5.74, 6) is 2.97. The zero-order valence-electron chi connectivity index (χ0n) is 9.38. The molecule has 3 nitrogen and oxygen atoms in total. The minimum absolute atomic E-state index is 0.0212. The van der Waals surface area contributed by atoms with E-state index in [9.17, 15) is 4.79 Å². The largest absolute Gasteiger partial charge is 0.341 e. The molecule has 0 aromatic rings. The third-order valence-corrected chi connectivity index (χ3v) is 4.90. The first-order chi connectivity index (χ1) is 7.21. The van der Waals surface area contributed by atoms with Gasteiger partial charge in [0.05, 0.1) is 0 Å². The average Bonchev–Trinajstić information content (AvgIpc) is 2.63. The summed E-state index contributed by atoms with van der Waals surface area (Å²) < 4.78 is 0. The monoisotopic (exact) mass is 208 g/mol. The molecule has 15 heavy (non-hydrogen) atoms. The summed E-state index contributed by atoms with van der Waals surface area (Å²) >= 11 is 0. The van der Waals surface area contributed by atoms with Gasteiger partial charge in [0.15, 0.2) is 0 Å². The van der Waals surface area contributed by atoms with Crippen LogP contribution in [-0.2, 0) is 0 Å². The molecular formula is C12H20N2O. The second kappa shape index (κ2) is 3.13. The van der Waals surface area contributed by atoms with Gasteiger partial charge < -0.3 is 10.6 Å². The van der Waals surface area contributed by atoms with Crippen molar-refractivity contribution in [1.82, 2.24) is 10.6 Å². The Morgan fingerprint density at radius 3 is 2.47 bits per heavy atom. The Kier molecular flexibility index (Phi) is 1.98. The number of carbonyl (C=O) groups is 1. The predicted molar refractivity (Wildman–Crippen MR) is 58.4 cm³/mol. The Labute approximate surface area is 91.0 Å². The van der Waals surface area contributed by atoms with E-state index in [0.29, 0.717) is 5.41 Å². The fourth-order valence-corrected chi connectivity index (χ4v) is 4.55. The van der Waals surface area contributed by atoms with Gasteiger partial charge in [0.2, 0.25) is 0 Å². The molecule has 2 atom stereocenters. The van der Waals surface area contributed by atoms with Gasteiger partial charge in [0, 0.05) is 13.6 Å². The first kappa shape index (κ1) is 9.49. The molecule has 4 aliphatic carbocycles. The minimum Gasteiger partial charge on any atom is -0.341 e. The fourth-order valence-electron chi connectivity index (χ4n) is 4.55. The van der Waals surface area contributed by atoms with Crippen LogP contribution in [0.2, 0.25) is 0 Å². The highest BCUT2D eigenvalue weighted by atomic mass is 16.2. The molecule has 0 spiro atoms. The van der Waals surface area contributed by atoms with Crippen molar-refractivity contribution in [1.29, 1.82) is 0 Å². The van der Waals surface area contributed by atoms with Gasteiger partial charge in [-0.15, -0.1) is 0 Å². The quantitative estimate of drug-likeness (QED) is 0.713. The fraction of sp³-hybridized carbons (Fsp3) is 0.917. The minimum atomic E-state index is -0.0212. The smallest absolute Gasteiger partial charge is 0.314 e. The Morgan fingerprint density at radius 2 is 1.93 bits per heavy atom. The summed E-state index contributed by atoms with van der Waals surface area (Å²) in [5.41, 5.74) is 0.475. The molecule has 0 saturated heterocycles. The molecule has 4 bridgehead atoms. The van der Waals surface area contributed by atoms with Gasteiger partial charge in [0.1, 0.15) is 0 Å². The third-order valence-electron chi connectivity index (χ3n) is 4.90. The van der Waals surface area contributed by atoms with Gasteiger partial charge in [0.25, 0.3) is 0 Å². The Bertz CT molecular complexity index is 270. The molecule has 0 aromatic heterocycles. The molecule has 2 unspecified atom stereocenters. The molecule has 84 valence electrons. The van der Waals surface area contributed by atoms with E-state index in [2.05, 4.69) is 10.6 Å². The van der Waals surface area contributed by atoms with E-state index in [1.165, 1.54) is 32.1 Å². The van der Waals surface area contributed by atoms with Crippen LogP contribution >= 0.6 is 0 Å². The summed E-state index contributed by atoms with van der Waals surface area (Å²) in [6, 6.07) is -0.0212. The van der Waals surface area contributed by atoms with E-state index in [-0.39, 0.29) is 6.03 Å². The number of carbonyl (C=O) groups excluding carboxylic acids is 1. The van der Waals surface area contributed by atoms with Crippen molar-refractivity contribution in [3.63, 3.8) is 0 Å². The lowest BCUT2D eigenvalue weighted by Crippen LogP contribution is -2.43. The number of amides is 2. The highest BCUT2D eigenvalue weighted by Crippen LogP contribution is 2.63. The summed E-state index contributed by atoms with van der Waals surface area (Å²) in [5, 5.41) is 5.64. The SMILES string of the molecule is CNC(=O)NCC12CC3CC(C1)C(C3)C2. The maximum atomic E-state index is 11.2. The predicted octanol–water partition coefficient (Wildman–Crippen LogP) is 1.74. The lowest BCUT2D eigenvalue weighted by molar-refractivity contribution is 0.142. The molecule has 4 saturated carbocycles. The maximum absolute atomic E-state index is 11.2. The molecule has 0 aliphatic heterocycles. The third kappa shape index (κ3) is 1.44. The van der Waals surface area contributed by atoms with Gasteiger partial charge in [-0.05, 0) is 55.3 Å². The van der Waals surface area contributed by atoms with Crippen LogP contribution in [0.1, 0.15) is 32.1 Å². The topological polar surface area (TPSA) is 41.1 Å². The van der Waals surface area contributed by atoms with Crippen LogP contribution in [0.25, 0.3) is 0 Å². The van der Waals surface area contributed by atoms with Crippen LogP contribution in [0, 0.1) is 23.2 Å². The lowest BCUT2D eigenvalue weighted by Gasteiger charge is -2.38. The summed E-state index contributed by atoms with van der Waals surface area (Å²) in [6.45, 7) is 0.899. The number of hydrogen-bond acceptors (Lipinski definition) is 1. The van der Waals surface area contributed by atoms with Crippen LogP contribution in [-0.4, -0.2) is 19.6 Å². The Hall–Kier alpha value is -0.730. The second-order valence-electron chi connectivity index (χ2n) is 5.90. The van der Waals surface area contributed by atoms with Crippen LogP contribution in [0.15, 0.2) is 0 Å². The highest BCUT2D eigenvalue weighted by Gasteiger charge is 2.55.